The van der Waals surface area contributed by atoms with Crippen LogP contribution in [0.15, 0.2) is 47.6 Å². The SMILES string of the molecule is COCCN(CC(=O)N1N=C(c2ccc(OC)cc2OC)C[C@@H]1c1ccc(OC)cc1)C(=O)NC(C)(C)C. The minimum Gasteiger partial charge on any atom is -0.497 e. The Labute approximate surface area is 224 Å². The van der Waals surface area contributed by atoms with Gasteiger partial charge in [0.25, 0.3) is 5.91 Å². The van der Waals surface area contributed by atoms with Crippen LogP contribution in [0, 0.1) is 0 Å². The van der Waals surface area contributed by atoms with Crippen LogP contribution >= 0.6 is 0 Å². The average Bonchev–Trinajstić information content (AvgIpc) is 3.35. The van der Waals surface area contributed by atoms with Crippen molar-refractivity contribution in [1.29, 1.82) is 0 Å². The third kappa shape index (κ3) is 7.16. The molecule has 0 saturated heterocycles. The standard InChI is InChI=1S/C28H38N4O6/c1-28(2,3)29-27(34)31(14-15-35-4)18-26(33)32-24(19-8-10-20(36-5)11-9-19)17-23(30-32)22-13-12-21(37-6)16-25(22)38-7/h8-13,16,24H,14-15,17-18H2,1-7H3,(H,29,34)/t24-/m1/s1. The molecular formula is C28H38N4O6. The van der Waals surface area contributed by atoms with Gasteiger partial charge in [0.2, 0.25) is 0 Å². The maximum atomic E-state index is 13.7. The van der Waals surface area contributed by atoms with Gasteiger partial charge in [-0.25, -0.2) is 9.80 Å². The van der Waals surface area contributed by atoms with Gasteiger partial charge in [-0.2, -0.15) is 5.10 Å². The molecule has 1 N–H and O–H groups in total. The smallest absolute Gasteiger partial charge is 0.318 e. The van der Waals surface area contributed by atoms with Crippen LogP contribution in [-0.4, -0.2) is 81.2 Å². The number of carbonyl (C=O) groups excluding carboxylic acids is 2. The van der Waals surface area contributed by atoms with Gasteiger partial charge in [-0.15, -0.1) is 0 Å². The maximum Gasteiger partial charge on any atom is 0.318 e. The number of amides is 3. The van der Waals surface area contributed by atoms with E-state index in [1.807, 2.05) is 57.2 Å². The van der Waals surface area contributed by atoms with Crippen molar-refractivity contribution in [3.63, 3.8) is 0 Å². The quantitative estimate of drug-likeness (QED) is 0.505. The fourth-order valence-corrected chi connectivity index (χ4v) is 4.12. The van der Waals surface area contributed by atoms with E-state index >= 15 is 0 Å². The molecule has 2 aromatic rings. The van der Waals surface area contributed by atoms with E-state index in [1.165, 1.54) is 9.91 Å². The number of methoxy groups -OCH3 is 4. The molecule has 0 fully saturated rings. The maximum absolute atomic E-state index is 13.7. The van der Waals surface area contributed by atoms with Crippen LogP contribution in [0.1, 0.15) is 44.4 Å². The molecule has 2 aromatic carbocycles. The molecule has 0 spiro atoms. The summed E-state index contributed by atoms with van der Waals surface area (Å²) in [7, 11) is 6.33. The van der Waals surface area contributed by atoms with Gasteiger partial charge in [0.1, 0.15) is 23.8 Å². The Bertz CT molecular complexity index is 1140. The number of nitrogens with one attached hydrogen (secondary N) is 1. The van der Waals surface area contributed by atoms with E-state index in [2.05, 4.69) is 5.32 Å². The molecule has 1 aliphatic heterocycles. The number of urea groups is 1. The summed E-state index contributed by atoms with van der Waals surface area (Å²) in [6.07, 6.45) is 0.465. The highest BCUT2D eigenvalue weighted by molar-refractivity contribution is 6.05. The Morgan fingerprint density at radius 2 is 1.66 bits per heavy atom. The molecule has 206 valence electrons. The highest BCUT2D eigenvalue weighted by Gasteiger charge is 2.35. The largest absolute Gasteiger partial charge is 0.497 e. The van der Waals surface area contributed by atoms with Crippen LogP contribution in [-0.2, 0) is 9.53 Å². The summed E-state index contributed by atoms with van der Waals surface area (Å²) in [5.74, 6) is 1.65. The van der Waals surface area contributed by atoms with Crippen molar-refractivity contribution in [2.24, 2.45) is 5.10 Å². The Kier molecular flexibility index (Phi) is 9.57. The zero-order chi connectivity index (χ0) is 27.9. The molecule has 3 amide bonds. The molecule has 38 heavy (non-hydrogen) atoms. The molecule has 1 aliphatic rings. The molecular weight excluding hydrogens is 488 g/mol. The predicted molar refractivity (Wildman–Crippen MR) is 145 cm³/mol. The Balaban J connectivity index is 1.96. The Morgan fingerprint density at radius 1 is 1.00 bits per heavy atom. The topological polar surface area (TPSA) is 102 Å². The zero-order valence-electron chi connectivity index (χ0n) is 23.2. The minimum absolute atomic E-state index is 0.158. The van der Waals surface area contributed by atoms with E-state index in [1.54, 1.807) is 34.5 Å². The van der Waals surface area contributed by atoms with E-state index < -0.39 is 5.54 Å². The second kappa shape index (κ2) is 12.6. The van der Waals surface area contributed by atoms with Crippen molar-refractivity contribution in [1.82, 2.24) is 15.2 Å². The monoisotopic (exact) mass is 526 g/mol. The summed E-state index contributed by atoms with van der Waals surface area (Å²) in [5, 5.41) is 9.13. The van der Waals surface area contributed by atoms with Gasteiger partial charge in [-0.3, -0.25) is 4.79 Å². The van der Waals surface area contributed by atoms with Crippen LogP contribution in [0.2, 0.25) is 0 Å². The summed E-state index contributed by atoms with van der Waals surface area (Å²) < 4.78 is 21.4. The number of nitrogens with zero attached hydrogens (tertiary/aromatic N) is 3. The highest BCUT2D eigenvalue weighted by atomic mass is 16.5. The fraction of sp³-hybridized carbons (Fsp3) is 0.464. The molecule has 1 atom stereocenters. The molecule has 0 aromatic heterocycles. The lowest BCUT2D eigenvalue weighted by molar-refractivity contribution is -0.133. The van der Waals surface area contributed by atoms with E-state index in [-0.39, 0.29) is 31.1 Å². The van der Waals surface area contributed by atoms with Gasteiger partial charge < -0.3 is 29.2 Å². The first-order chi connectivity index (χ1) is 18.1. The van der Waals surface area contributed by atoms with Crippen molar-refractivity contribution in [3.05, 3.63) is 53.6 Å². The van der Waals surface area contributed by atoms with Gasteiger partial charge in [-0.1, -0.05) is 12.1 Å². The van der Waals surface area contributed by atoms with Crippen LogP contribution in [0.25, 0.3) is 0 Å². The van der Waals surface area contributed by atoms with Crippen molar-refractivity contribution in [2.75, 3.05) is 48.1 Å². The Hall–Kier alpha value is -3.79. The van der Waals surface area contributed by atoms with Crippen molar-refractivity contribution in [3.8, 4) is 17.2 Å². The van der Waals surface area contributed by atoms with E-state index in [9.17, 15) is 9.59 Å². The highest BCUT2D eigenvalue weighted by Crippen LogP contribution is 2.36. The summed E-state index contributed by atoms with van der Waals surface area (Å²) in [4.78, 5) is 28.1. The molecule has 0 saturated carbocycles. The lowest BCUT2D eigenvalue weighted by atomic mass is 9.97. The van der Waals surface area contributed by atoms with Crippen molar-refractivity contribution < 1.29 is 28.5 Å². The number of hydrazone groups is 1. The predicted octanol–water partition coefficient (Wildman–Crippen LogP) is 3.85. The second-order valence-corrected chi connectivity index (χ2v) is 9.94. The molecule has 3 rings (SSSR count). The number of ether oxygens (including phenoxy) is 4. The van der Waals surface area contributed by atoms with Crippen LogP contribution in [0.5, 0.6) is 17.2 Å². The van der Waals surface area contributed by atoms with E-state index in [0.717, 1.165) is 11.1 Å². The van der Waals surface area contributed by atoms with Gasteiger partial charge in [0.15, 0.2) is 0 Å². The summed E-state index contributed by atoms with van der Waals surface area (Å²) in [6, 6.07) is 12.3. The average molecular weight is 527 g/mol. The van der Waals surface area contributed by atoms with Crippen molar-refractivity contribution in [2.45, 2.75) is 38.8 Å². The van der Waals surface area contributed by atoms with Gasteiger partial charge in [-0.05, 0) is 50.6 Å². The van der Waals surface area contributed by atoms with E-state index in [4.69, 9.17) is 24.0 Å². The molecule has 0 bridgehead atoms. The van der Waals surface area contributed by atoms with Crippen molar-refractivity contribution >= 4 is 17.6 Å². The number of benzene rings is 2. The third-order valence-electron chi connectivity index (χ3n) is 6.05. The first kappa shape index (κ1) is 28.8. The molecule has 0 aliphatic carbocycles. The van der Waals surface area contributed by atoms with Crippen LogP contribution in [0.3, 0.4) is 0 Å². The lowest BCUT2D eigenvalue weighted by Gasteiger charge is -2.30. The van der Waals surface area contributed by atoms with Gasteiger partial charge in [0, 0.05) is 37.2 Å². The number of hydrogen-bond donors (Lipinski definition) is 1. The number of rotatable bonds is 10. The third-order valence-corrected chi connectivity index (χ3v) is 6.05. The first-order valence-electron chi connectivity index (χ1n) is 12.4. The van der Waals surface area contributed by atoms with Gasteiger partial charge >= 0.3 is 6.03 Å². The fourth-order valence-electron chi connectivity index (χ4n) is 4.12. The second-order valence-electron chi connectivity index (χ2n) is 9.94. The minimum atomic E-state index is -0.457. The molecule has 1 heterocycles. The molecule has 10 nitrogen and oxygen atoms in total. The zero-order valence-corrected chi connectivity index (χ0v) is 23.2. The van der Waals surface area contributed by atoms with Gasteiger partial charge in [0.05, 0.1) is 39.7 Å². The Morgan fingerprint density at radius 3 is 2.24 bits per heavy atom. The molecule has 10 heteroatoms. The molecule has 0 unspecified atom stereocenters. The van der Waals surface area contributed by atoms with Crippen LogP contribution < -0.4 is 19.5 Å². The number of carbonyl (C=O) groups is 2. The lowest BCUT2D eigenvalue weighted by Crippen LogP contribution is -2.52. The van der Waals surface area contributed by atoms with Crippen LogP contribution in [0.4, 0.5) is 4.79 Å². The van der Waals surface area contributed by atoms with E-state index in [0.29, 0.717) is 36.0 Å². The molecule has 0 radical (unpaired) electrons. The summed E-state index contributed by atoms with van der Waals surface area (Å²) in [5.41, 5.74) is 1.90. The summed E-state index contributed by atoms with van der Waals surface area (Å²) in [6.45, 7) is 6.06. The normalized spacial score (nSPS) is 15.1. The summed E-state index contributed by atoms with van der Waals surface area (Å²) >= 11 is 0. The first-order valence-corrected chi connectivity index (χ1v) is 12.4. The number of hydrogen-bond acceptors (Lipinski definition) is 7.